The molecule has 0 radical (unpaired) electrons. The first kappa shape index (κ1) is 22.3. The second-order valence-corrected chi connectivity index (χ2v) is 8.23. The van der Waals surface area contributed by atoms with Crippen LogP contribution in [-0.2, 0) is 35.5 Å². The summed E-state index contributed by atoms with van der Waals surface area (Å²) in [6.45, 7) is 5.42. The number of guanidine groups is 1. The predicted molar refractivity (Wildman–Crippen MR) is 124 cm³/mol. The number of benzene rings is 1. The molecule has 1 aromatic carbocycles. The number of aryl methyl sites for hydroxylation is 1. The van der Waals surface area contributed by atoms with Crippen LogP contribution in [0.5, 0.6) is 0 Å². The third-order valence-electron chi connectivity index (χ3n) is 5.87. The molecule has 0 spiro atoms. The molecule has 172 valence electrons. The van der Waals surface area contributed by atoms with Gasteiger partial charge >= 0.3 is 0 Å². The molecule has 0 aliphatic carbocycles. The Balaban J connectivity index is 1.27. The van der Waals surface area contributed by atoms with E-state index in [0.717, 1.165) is 68.6 Å². The highest BCUT2D eigenvalue weighted by atomic mass is 16.5. The Labute approximate surface area is 189 Å². The summed E-state index contributed by atoms with van der Waals surface area (Å²) in [4.78, 5) is 23.8. The highest BCUT2D eigenvalue weighted by Crippen LogP contribution is 2.28. The number of aliphatic imine (C=N–C) groups is 1. The maximum absolute atomic E-state index is 12.7. The molecule has 0 saturated carbocycles. The lowest BCUT2D eigenvalue weighted by molar-refractivity contribution is -0.118. The first-order chi connectivity index (χ1) is 15.7. The second-order valence-electron chi connectivity index (χ2n) is 8.23. The van der Waals surface area contributed by atoms with E-state index in [2.05, 4.69) is 33.7 Å². The van der Waals surface area contributed by atoms with Gasteiger partial charge in [0.2, 0.25) is 5.91 Å². The van der Waals surface area contributed by atoms with Gasteiger partial charge in [0.25, 0.3) is 0 Å². The summed E-state index contributed by atoms with van der Waals surface area (Å²) in [5.41, 5.74) is 2.32. The van der Waals surface area contributed by atoms with Crippen molar-refractivity contribution in [3.8, 4) is 0 Å². The average Bonchev–Trinajstić information content (AvgIpc) is 3.40. The number of carbonyl (C=O) groups excluding carboxylic acids is 1. The van der Waals surface area contributed by atoms with Gasteiger partial charge in [0.15, 0.2) is 11.8 Å². The number of amides is 1. The molecule has 4 rings (SSSR count). The summed E-state index contributed by atoms with van der Waals surface area (Å²) < 4.78 is 7.10. The minimum Gasteiger partial charge on any atom is -0.377 e. The van der Waals surface area contributed by atoms with E-state index in [1.165, 1.54) is 5.56 Å². The van der Waals surface area contributed by atoms with E-state index in [9.17, 15) is 4.79 Å². The summed E-state index contributed by atoms with van der Waals surface area (Å²) in [5, 5.41) is 11.4. The topological polar surface area (TPSA) is 96.7 Å². The number of nitrogens with one attached hydrogen (secondary N) is 2. The number of rotatable bonds is 8. The molecule has 9 nitrogen and oxygen atoms in total. The first-order valence-electron chi connectivity index (χ1n) is 11.5. The highest BCUT2D eigenvalue weighted by molar-refractivity contribution is 5.95. The smallest absolute Gasteiger partial charge is 0.227 e. The number of fused-ring (bicyclic) bond motifs is 2. The van der Waals surface area contributed by atoms with Crippen LogP contribution in [0.2, 0.25) is 0 Å². The number of nitrogens with zero attached hydrogens (tertiary/aromatic N) is 5. The van der Waals surface area contributed by atoms with Crippen molar-refractivity contribution in [2.75, 3.05) is 31.6 Å². The highest BCUT2D eigenvalue weighted by Gasteiger charge is 2.24. The maximum atomic E-state index is 12.7. The fraction of sp³-hybridized carbons (Fsp3) is 0.565. The Hall–Kier alpha value is -2.94. The Morgan fingerprint density at radius 3 is 3.03 bits per heavy atom. The van der Waals surface area contributed by atoms with Crippen molar-refractivity contribution in [2.45, 2.75) is 58.2 Å². The molecule has 3 heterocycles. The van der Waals surface area contributed by atoms with Gasteiger partial charge in [0, 0.05) is 51.3 Å². The van der Waals surface area contributed by atoms with Gasteiger partial charge < -0.3 is 20.3 Å². The number of methoxy groups -OCH3 is 1. The van der Waals surface area contributed by atoms with Crippen LogP contribution in [0.4, 0.5) is 5.69 Å². The standard InChI is InChI=1S/C23H33N7O2/c1-3-24-23(26-18-10-11-21-27-20(16-32-2)28-30(21)15-18)25-13-6-9-22(31)29-14-12-17-7-4-5-8-19(17)29/h4-5,7-8,18H,3,6,9-16H2,1-2H3,(H2,24,25,26). The Kier molecular flexibility index (Phi) is 7.36. The molecule has 1 amide bonds. The predicted octanol–water partition coefficient (Wildman–Crippen LogP) is 1.66. The molecule has 2 N–H and O–H groups in total. The van der Waals surface area contributed by atoms with Gasteiger partial charge in [0.05, 0.1) is 6.54 Å². The van der Waals surface area contributed by atoms with E-state index in [0.29, 0.717) is 19.6 Å². The molecular formula is C23H33N7O2. The van der Waals surface area contributed by atoms with Crippen molar-refractivity contribution in [3.63, 3.8) is 0 Å². The number of anilines is 1. The zero-order valence-corrected chi connectivity index (χ0v) is 19.0. The van der Waals surface area contributed by atoms with E-state index in [1.54, 1.807) is 7.11 Å². The van der Waals surface area contributed by atoms with Crippen LogP contribution in [0, 0.1) is 0 Å². The average molecular weight is 440 g/mol. The summed E-state index contributed by atoms with van der Waals surface area (Å²) in [6, 6.07) is 8.40. The molecule has 2 aliphatic rings. The summed E-state index contributed by atoms with van der Waals surface area (Å²) >= 11 is 0. The number of hydrogen-bond donors (Lipinski definition) is 2. The van der Waals surface area contributed by atoms with Crippen LogP contribution in [0.15, 0.2) is 29.3 Å². The Morgan fingerprint density at radius 1 is 1.31 bits per heavy atom. The van der Waals surface area contributed by atoms with E-state index >= 15 is 0 Å². The van der Waals surface area contributed by atoms with Crippen molar-refractivity contribution in [2.24, 2.45) is 4.99 Å². The third kappa shape index (κ3) is 5.27. The van der Waals surface area contributed by atoms with Crippen LogP contribution in [-0.4, -0.2) is 59.4 Å². The zero-order valence-electron chi connectivity index (χ0n) is 19.0. The molecule has 0 saturated heterocycles. The van der Waals surface area contributed by atoms with E-state index < -0.39 is 0 Å². The minimum absolute atomic E-state index is 0.181. The van der Waals surface area contributed by atoms with Crippen LogP contribution in [0.1, 0.15) is 43.4 Å². The molecule has 0 bridgehead atoms. The van der Waals surface area contributed by atoms with Gasteiger partial charge in [-0.2, -0.15) is 5.10 Å². The quantitative estimate of drug-likeness (QED) is 0.369. The van der Waals surface area contributed by atoms with Crippen LogP contribution < -0.4 is 15.5 Å². The lowest BCUT2D eigenvalue weighted by Crippen LogP contribution is -2.47. The summed E-state index contributed by atoms with van der Waals surface area (Å²) in [6.07, 6.45) is 4.02. The second kappa shape index (κ2) is 10.6. The normalized spacial score (nSPS) is 17.8. The molecule has 2 aromatic rings. The summed E-state index contributed by atoms with van der Waals surface area (Å²) in [7, 11) is 1.65. The number of para-hydroxylation sites is 1. The SMILES string of the molecule is CCNC(=NCCCC(=O)N1CCc2ccccc21)NC1CCc2nc(COC)nn2C1. The fourth-order valence-electron chi connectivity index (χ4n) is 4.34. The Bertz CT molecular complexity index is 956. The lowest BCUT2D eigenvalue weighted by atomic mass is 10.1. The first-order valence-corrected chi connectivity index (χ1v) is 11.5. The zero-order chi connectivity index (χ0) is 22.3. The van der Waals surface area contributed by atoms with Gasteiger partial charge in [-0.25, -0.2) is 9.67 Å². The molecular weight excluding hydrogens is 406 g/mol. The van der Waals surface area contributed by atoms with Crippen molar-refractivity contribution in [1.29, 1.82) is 0 Å². The van der Waals surface area contributed by atoms with Gasteiger partial charge in [0.1, 0.15) is 12.4 Å². The molecule has 1 aromatic heterocycles. The number of aromatic nitrogens is 3. The summed E-state index contributed by atoms with van der Waals surface area (Å²) in [5.74, 6) is 2.71. The van der Waals surface area contributed by atoms with Gasteiger partial charge in [-0.15, -0.1) is 0 Å². The van der Waals surface area contributed by atoms with Crippen molar-refractivity contribution < 1.29 is 9.53 Å². The maximum Gasteiger partial charge on any atom is 0.227 e. The van der Waals surface area contributed by atoms with Gasteiger partial charge in [-0.05, 0) is 37.8 Å². The van der Waals surface area contributed by atoms with Crippen LogP contribution in [0.25, 0.3) is 0 Å². The van der Waals surface area contributed by atoms with Crippen LogP contribution in [0.3, 0.4) is 0 Å². The molecule has 32 heavy (non-hydrogen) atoms. The van der Waals surface area contributed by atoms with E-state index in [-0.39, 0.29) is 11.9 Å². The monoisotopic (exact) mass is 439 g/mol. The van der Waals surface area contributed by atoms with E-state index in [1.807, 2.05) is 27.8 Å². The lowest BCUT2D eigenvalue weighted by Gasteiger charge is -2.25. The molecule has 1 unspecified atom stereocenters. The van der Waals surface area contributed by atoms with E-state index in [4.69, 9.17) is 9.73 Å². The van der Waals surface area contributed by atoms with Gasteiger partial charge in [-0.3, -0.25) is 9.79 Å². The molecule has 0 fully saturated rings. The van der Waals surface area contributed by atoms with Crippen molar-refractivity contribution in [1.82, 2.24) is 25.4 Å². The number of carbonyl (C=O) groups is 1. The van der Waals surface area contributed by atoms with Crippen molar-refractivity contribution in [3.05, 3.63) is 41.5 Å². The van der Waals surface area contributed by atoms with Crippen LogP contribution >= 0.6 is 0 Å². The minimum atomic E-state index is 0.181. The molecule has 2 aliphatic heterocycles. The van der Waals surface area contributed by atoms with Gasteiger partial charge in [-0.1, -0.05) is 18.2 Å². The molecule has 1 atom stereocenters. The fourth-order valence-corrected chi connectivity index (χ4v) is 4.34. The number of ether oxygens (including phenoxy) is 1. The Morgan fingerprint density at radius 2 is 2.19 bits per heavy atom. The largest absolute Gasteiger partial charge is 0.377 e. The molecule has 9 heteroatoms. The third-order valence-corrected chi connectivity index (χ3v) is 5.87. The van der Waals surface area contributed by atoms with Crippen molar-refractivity contribution >= 4 is 17.6 Å². The number of hydrogen-bond acceptors (Lipinski definition) is 5.